The van der Waals surface area contributed by atoms with Crippen molar-refractivity contribution in [1.29, 1.82) is 0 Å². The zero-order valence-corrected chi connectivity index (χ0v) is 8.64. The molecule has 1 fully saturated rings. The van der Waals surface area contributed by atoms with E-state index in [2.05, 4.69) is 0 Å². The third kappa shape index (κ3) is 2.45. The van der Waals surface area contributed by atoms with Gasteiger partial charge in [0.15, 0.2) is 0 Å². The third-order valence-corrected chi connectivity index (χ3v) is 2.58. The van der Waals surface area contributed by atoms with Crippen molar-refractivity contribution in [2.75, 3.05) is 13.2 Å². The second-order valence-corrected chi connectivity index (χ2v) is 4.30. The first-order chi connectivity index (χ1) is 6.56. The molecule has 2 N–H and O–H groups in total. The van der Waals surface area contributed by atoms with Gasteiger partial charge in [-0.15, -0.1) is 0 Å². The van der Waals surface area contributed by atoms with Crippen LogP contribution in [0.25, 0.3) is 0 Å². The number of carbonyl (C=O) groups is 1. The van der Waals surface area contributed by atoms with E-state index in [0.29, 0.717) is 12.3 Å². The number of esters is 1. The van der Waals surface area contributed by atoms with E-state index in [1.165, 1.54) is 0 Å². The van der Waals surface area contributed by atoms with Crippen LogP contribution in [0.2, 0.25) is 0 Å². The van der Waals surface area contributed by atoms with Gasteiger partial charge in [-0.2, -0.15) is 0 Å². The summed E-state index contributed by atoms with van der Waals surface area (Å²) < 4.78 is 4.81. The van der Waals surface area contributed by atoms with Crippen molar-refractivity contribution >= 4 is 5.97 Å². The maximum atomic E-state index is 11.3. The van der Waals surface area contributed by atoms with Gasteiger partial charge in [0.1, 0.15) is 0 Å². The summed E-state index contributed by atoms with van der Waals surface area (Å²) in [6.45, 7) is 4.09. The Morgan fingerprint density at radius 3 is 2.71 bits per heavy atom. The first kappa shape index (κ1) is 11.5. The van der Waals surface area contributed by atoms with Gasteiger partial charge in [-0.05, 0) is 12.3 Å². The molecule has 4 nitrogen and oxygen atoms in total. The quantitative estimate of drug-likeness (QED) is 0.638. The van der Waals surface area contributed by atoms with Crippen LogP contribution in [0.1, 0.15) is 20.3 Å². The molecule has 0 aliphatic carbocycles. The molecule has 1 saturated heterocycles. The molecule has 0 unspecified atom stereocenters. The van der Waals surface area contributed by atoms with Crippen molar-refractivity contribution in [2.24, 2.45) is 17.8 Å². The first-order valence-electron chi connectivity index (χ1n) is 5.01. The molecule has 0 bridgehead atoms. The lowest BCUT2D eigenvalue weighted by Crippen LogP contribution is -2.32. The van der Waals surface area contributed by atoms with Gasteiger partial charge in [0.25, 0.3) is 0 Å². The minimum atomic E-state index is -0.692. The summed E-state index contributed by atoms with van der Waals surface area (Å²) in [5.74, 6) is -0.825. The average molecular weight is 202 g/mol. The standard InChI is InChI=1S/C10H18O4/c1-6(2)3-8(12)9-7(4-11)5-14-10(9)13/h6-9,11-12H,3-5H2,1-2H3/t7-,8+,9-/m1/s1. The summed E-state index contributed by atoms with van der Waals surface area (Å²) >= 11 is 0. The largest absolute Gasteiger partial charge is 0.465 e. The summed E-state index contributed by atoms with van der Waals surface area (Å²) in [6.07, 6.45) is -0.127. The Morgan fingerprint density at radius 1 is 1.57 bits per heavy atom. The zero-order valence-electron chi connectivity index (χ0n) is 8.64. The van der Waals surface area contributed by atoms with Crippen molar-refractivity contribution in [3.05, 3.63) is 0 Å². The first-order valence-corrected chi connectivity index (χ1v) is 5.01. The highest BCUT2D eigenvalue weighted by Crippen LogP contribution is 2.27. The highest BCUT2D eigenvalue weighted by atomic mass is 16.5. The van der Waals surface area contributed by atoms with Crippen LogP contribution >= 0.6 is 0 Å². The van der Waals surface area contributed by atoms with Crippen LogP contribution in [0.5, 0.6) is 0 Å². The van der Waals surface area contributed by atoms with Gasteiger partial charge in [-0.25, -0.2) is 0 Å². The van der Waals surface area contributed by atoms with Crippen LogP contribution in [-0.4, -0.2) is 35.5 Å². The Balaban J connectivity index is 2.58. The molecular formula is C10H18O4. The summed E-state index contributed by atoms with van der Waals surface area (Å²) in [6, 6.07) is 0. The number of carbonyl (C=O) groups excluding carboxylic acids is 1. The number of hydrogen-bond donors (Lipinski definition) is 2. The van der Waals surface area contributed by atoms with Gasteiger partial charge in [0, 0.05) is 5.92 Å². The fourth-order valence-electron chi connectivity index (χ4n) is 1.85. The molecule has 0 amide bonds. The van der Waals surface area contributed by atoms with E-state index in [0.717, 1.165) is 0 Å². The molecule has 82 valence electrons. The van der Waals surface area contributed by atoms with Crippen molar-refractivity contribution in [1.82, 2.24) is 0 Å². The van der Waals surface area contributed by atoms with Gasteiger partial charge >= 0.3 is 5.97 Å². The number of cyclic esters (lactones) is 1. The SMILES string of the molecule is CC(C)C[C@H](O)[C@@H]1C(=O)OC[C@H]1CO. The zero-order chi connectivity index (χ0) is 10.7. The third-order valence-electron chi connectivity index (χ3n) is 2.58. The van der Waals surface area contributed by atoms with Gasteiger partial charge < -0.3 is 14.9 Å². The molecule has 0 aromatic carbocycles. The van der Waals surface area contributed by atoms with Gasteiger partial charge in [0.2, 0.25) is 0 Å². The van der Waals surface area contributed by atoms with Gasteiger partial charge in [-0.1, -0.05) is 13.8 Å². The predicted octanol–water partition coefficient (Wildman–Crippen LogP) is 0.175. The molecule has 4 heteroatoms. The fourth-order valence-corrected chi connectivity index (χ4v) is 1.85. The molecule has 0 aromatic heterocycles. The Labute approximate surface area is 83.9 Å². The molecule has 0 aromatic rings. The second kappa shape index (κ2) is 4.75. The molecule has 1 heterocycles. The van der Waals surface area contributed by atoms with Crippen molar-refractivity contribution in [3.8, 4) is 0 Å². The maximum absolute atomic E-state index is 11.3. The predicted molar refractivity (Wildman–Crippen MR) is 50.5 cm³/mol. The summed E-state index contributed by atoms with van der Waals surface area (Å²) in [5.41, 5.74) is 0. The number of hydrogen-bond acceptors (Lipinski definition) is 4. The maximum Gasteiger partial charge on any atom is 0.312 e. The molecule has 0 saturated carbocycles. The van der Waals surface area contributed by atoms with E-state index in [1.54, 1.807) is 0 Å². The number of ether oxygens (including phenoxy) is 1. The Bertz CT molecular complexity index is 202. The van der Waals surface area contributed by atoms with Gasteiger partial charge in [-0.3, -0.25) is 4.79 Å². The Hall–Kier alpha value is -0.610. The summed E-state index contributed by atoms with van der Waals surface area (Å²) in [7, 11) is 0. The van der Waals surface area contributed by atoms with Crippen LogP contribution in [0.4, 0.5) is 0 Å². The lowest BCUT2D eigenvalue weighted by atomic mass is 9.86. The fraction of sp³-hybridized carbons (Fsp3) is 0.900. The average Bonchev–Trinajstić information content (AvgIpc) is 2.45. The summed E-state index contributed by atoms with van der Waals surface area (Å²) in [5, 5.41) is 18.8. The number of aliphatic hydroxyl groups excluding tert-OH is 2. The number of rotatable bonds is 4. The van der Waals surface area contributed by atoms with E-state index in [1.807, 2.05) is 13.8 Å². The van der Waals surface area contributed by atoms with E-state index < -0.39 is 12.0 Å². The lowest BCUT2D eigenvalue weighted by Gasteiger charge is -2.20. The molecule has 1 rings (SSSR count). The van der Waals surface area contributed by atoms with Gasteiger partial charge in [0.05, 0.1) is 25.2 Å². The van der Waals surface area contributed by atoms with Crippen LogP contribution in [-0.2, 0) is 9.53 Å². The van der Waals surface area contributed by atoms with E-state index >= 15 is 0 Å². The van der Waals surface area contributed by atoms with E-state index in [9.17, 15) is 9.90 Å². The van der Waals surface area contributed by atoms with Crippen LogP contribution in [0, 0.1) is 17.8 Å². The normalized spacial score (nSPS) is 29.4. The minimum absolute atomic E-state index is 0.106. The summed E-state index contributed by atoms with van der Waals surface area (Å²) in [4.78, 5) is 11.3. The Kier molecular flexibility index (Phi) is 3.89. The second-order valence-electron chi connectivity index (χ2n) is 4.30. The minimum Gasteiger partial charge on any atom is -0.465 e. The molecule has 14 heavy (non-hydrogen) atoms. The van der Waals surface area contributed by atoms with Crippen LogP contribution < -0.4 is 0 Å². The van der Waals surface area contributed by atoms with Crippen molar-refractivity contribution in [2.45, 2.75) is 26.4 Å². The smallest absolute Gasteiger partial charge is 0.312 e. The lowest BCUT2D eigenvalue weighted by molar-refractivity contribution is -0.144. The highest BCUT2D eigenvalue weighted by Gasteiger charge is 2.41. The van der Waals surface area contributed by atoms with Crippen molar-refractivity contribution < 1.29 is 19.7 Å². The van der Waals surface area contributed by atoms with E-state index in [-0.39, 0.29) is 25.1 Å². The topological polar surface area (TPSA) is 66.8 Å². The molecular weight excluding hydrogens is 184 g/mol. The van der Waals surface area contributed by atoms with Crippen LogP contribution in [0.3, 0.4) is 0 Å². The molecule has 0 spiro atoms. The molecule has 1 aliphatic rings. The Morgan fingerprint density at radius 2 is 2.21 bits per heavy atom. The van der Waals surface area contributed by atoms with Crippen molar-refractivity contribution in [3.63, 3.8) is 0 Å². The number of aliphatic hydroxyl groups is 2. The highest BCUT2D eigenvalue weighted by molar-refractivity contribution is 5.75. The monoisotopic (exact) mass is 202 g/mol. The van der Waals surface area contributed by atoms with E-state index in [4.69, 9.17) is 9.84 Å². The molecule has 1 aliphatic heterocycles. The van der Waals surface area contributed by atoms with Crippen LogP contribution in [0.15, 0.2) is 0 Å². The molecule has 3 atom stereocenters. The molecule has 0 radical (unpaired) electrons.